The zero-order chi connectivity index (χ0) is 12.5. The first-order chi connectivity index (χ1) is 8.74. The fourth-order valence-corrected chi connectivity index (χ4v) is 2.65. The molecule has 1 N–H and O–H groups in total. The number of ether oxygens (including phenoxy) is 2. The summed E-state index contributed by atoms with van der Waals surface area (Å²) in [6.45, 7) is 2.18. The zero-order valence-electron chi connectivity index (χ0n) is 9.87. The van der Waals surface area contributed by atoms with Crippen LogP contribution in [0.4, 0.5) is 0 Å². The fraction of sp³-hybridized carbons (Fsp3) is 0.308. The van der Waals surface area contributed by atoms with E-state index in [0.29, 0.717) is 6.61 Å². The summed E-state index contributed by atoms with van der Waals surface area (Å²) in [5.41, 5.74) is 0. The number of thiazole rings is 1. The SMILES string of the molecule is CC(O)c1cnc(C2COc3ccccc3O2)s1. The summed E-state index contributed by atoms with van der Waals surface area (Å²) in [4.78, 5) is 5.13. The van der Waals surface area contributed by atoms with Gasteiger partial charge in [-0.3, -0.25) is 0 Å². The topological polar surface area (TPSA) is 51.6 Å². The molecular formula is C13H13NO3S. The Bertz CT molecular complexity index is 553. The standard InChI is InChI=1S/C13H13NO3S/c1-8(15)12-6-14-13(18-12)11-7-16-9-4-2-3-5-10(9)17-11/h2-6,8,11,15H,7H2,1H3. The van der Waals surface area contributed by atoms with Crippen LogP contribution in [-0.4, -0.2) is 16.7 Å². The van der Waals surface area contributed by atoms with Gasteiger partial charge in [0, 0.05) is 6.20 Å². The third-order valence-electron chi connectivity index (χ3n) is 2.74. The molecule has 2 heterocycles. The van der Waals surface area contributed by atoms with E-state index in [4.69, 9.17) is 9.47 Å². The van der Waals surface area contributed by atoms with Crippen LogP contribution in [0.25, 0.3) is 0 Å². The normalized spacial score (nSPS) is 19.6. The molecule has 1 aromatic carbocycles. The Balaban J connectivity index is 1.83. The van der Waals surface area contributed by atoms with Gasteiger partial charge < -0.3 is 14.6 Å². The summed E-state index contributed by atoms with van der Waals surface area (Å²) in [5.74, 6) is 1.50. The second-order valence-corrected chi connectivity index (χ2v) is 5.23. The van der Waals surface area contributed by atoms with E-state index in [1.165, 1.54) is 11.3 Å². The molecule has 0 spiro atoms. The van der Waals surface area contributed by atoms with E-state index in [0.717, 1.165) is 21.4 Å². The van der Waals surface area contributed by atoms with Gasteiger partial charge in [0.15, 0.2) is 17.6 Å². The third-order valence-corrected chi connectivity index (χ3v) is 4.00. The van der Waals surface area contributed by atoms with Crippen molar-refractivity contribution in [2.45, 2.75) is 19.1 Å². The summed E-state index contributed by atoms with van der Waals surface area (Å²) < 4.78 is 11.5. The van der Waals surface area contributed by atoms with E-state index in [-0.39, 0.29) is 6.10 Å². The van der Waals surface area contributed by atoms with Gasteiger partial charge in [0.1, 0.15) is 11.6 Å². The molecule has 94 valence electrons. The van der Waals surface area contributed by atoms with Crippen LogP contribution in [0.1, 0.15) is 29.0 Å². The Morgan fingerprint density at radius 1 is 1.39 bits per heavy atom. The predicted octanol–water partition coefficient (Wildman–Crippen LogP) is 2.71. The van der Waals surface area contributed by atoms with E-state index in [2.05, 4.69) is 4.98 Å². The average Bonchev–Trinajstić information content (AvgIpc) is 2.88. The summed E-state index contributed by atoms with van der Waals surface area (Å²) >= 11 is 1.46. The number of hydrogen-bond acceptors (Lipinski definition) is 5. The monoisotopic (exact) mass is 263 g/mol. The minimum atomic E-state index is -0.493. The van der Waals surface area contributed by atoms with Crippen molar-refractivity contribution in [2.75, 3.05) is 6.61 Å². The first-order valence-corrected chi connectivity index (χ1v) is 6.58. The van der Waals surface area contributed by atoms with Crippen molar-refractivity contribution >= 4 is 11.3 Å². The molecule has 0 saturated heterocycles. The molecule has 0 bridgehead atoms. The van der Waals surface area contributed by atoms with Crippen molar-refractivity contribution in [2.24, 2.45) is 0 Å². The zero-order valence-corrected chi connectivity index (χ0v) is 10.7. The molecule has 1 aromatic heterocycles. The second-order valence-electron chi connectivity index (χ2n) is 4.14. The highest BCUT2D eigenvalue weighted by atomic mass is 32.1. The molecule has 2 aromatic rings. The number of aliphatic hydroxyl groups excluding tert-OH is 1. The first kappa shape index (κ1) is 11.5. The minimum Gasteiger partial charge on any atom is -0.485 e. The maximum atomic E-state index is 9.49. The van der Waals surface area contributed by atoms with Crippen molar-refractivity contribution in [3.8, 4) is 11.5 Å². The van der Waals surface area contributed by atoms with Gasteiger partial charge in [-0.05, 0) is 19.1 Å². The predicted molar refractivity (Wildman–Crippen MR) is 68.1 cm³/mol. The highest BCUT2D eigenvalue weighted by Crippen LogP contribution is 2.37. The number of para-hydroxylation sites is 2. The van der Waals surface area contributed by atoms with Gasteiger partial charge >= 0.3 is 0 Å². The Morgan fingerprint density at radius 3 is 2.89 bits per heavy atom. The van der Waals surface area contributed by atoms with Crippen molar-refractivity contribution in [1.29, 1.82) is 0 Å². The van der Waals surface area contributed by atoms with Gasteiger partial charge in [0.25, 0.3) is 0 Å². The highest BCUT2D eigenvalue weighted by molar-refractivity contribution is 7.11. The van der Waals surface area contributed by atoms with Crippen LogP contribution in [0.3, 0.4) is 0 Å². The highest BCUT2D eigenvalue weighted by Gasteiger charge is 2.25. The number of fused-ring (bicyclic) bond motifs is 1. The van der Waals surface area contributed by atoms with Gasteiger partial charge in [0.2, 0.25) is 0 Å². The second kappa shape index (κ2) is 4.59. The molecule has 1 aliphatic rings. The number of rotatable bonds is 2. The summed E-state index contributed by atoms with van der Waals surface area (Å²) in [7, 11) is 0. The molecule has 2 unspecified atom stereocenters. The van der Waals surface area contributed by atoms with E-state index < -0.39 is 6.10 Å². The molecule has 18 heavy (non-hydrogen) atoms. The minimum absolute atomic E-state index is 0.197. The van der Waals surface area contributed by atoms with Crippen LogP contribution in [0, 0.1) is 0 Å². The summed E-state index contributed by atoms with van der Waals surface area (Å²) in [6, 6.07) is 7.59. The number of nitrogens with zero attached hydrogens (tertiary/aromatic N) is 1. The number of benzene rings is 1. The van der Waals surface area contributed by atoms with Crippen molar-refractivity contribution < 1.29 is 14.6 Å². The lowest BCUT2D eigenvalue weighted by Gasteiger charge is -2.24. The maximum Gasteiger partial charge on any atom is 0.184 e. The molecule has 0 aliphatic carbocycles. The van der Waals surface area contributed by atoms with Crippen LogP contribution >= 0.6 is 11.3 Å². The van der Waals surface area contributed by atoms with Crippen LogP contribution < -0.4 is 9.47 Å². The smallest absolute Gasteiger partial charge is 0.184 e. The van der Waals surface area contributed by atoms with Crippen LogP contribution in [-0.2, 0) is 0 Å². The van der Waals surface area contributed by atoms with Crippen LogP contribution in [0.15, 0.2) is 30.5 Å². The Labute approximate surface area is 109 Å². The molecule has 0 amide bonds. The van der Waals surface area contributed by atoms with Crippen LogP contribution in [0.2, 0.25) is 0 Å². The maximum absolute atomic E-state index is 9.49. The molecule has 3 rings (SSSR count). The lowest BCUT2D eigenvalue weighted by Crippen LogP contribution is -2.21. The van der Waals surface area contributed by atoms with Crippen molar-refractivity contribution in [1.82, 2.24) is 4.98 Å². The fourth-order valence-electron chi connectivity index (χ4n) is 1.78. The van der Waals surface area contributed by atoms with Crippen molar-refractivity contribution in [3.05, 3.63) is 40.3 Å². The van der Waals surface area contributed by atoms with Gasteiger partial charge in [0.05, 0.1) is 11.0 Å². The Kier molecular flexibility index (Phi) is 2.93. The van der Waals surface area contributed by atoms with E-state index in [9.17, 15) is 5.11 Å². The molecule has 2 atom stereocenters. The molecule has 0 fully saturated rings. The van der Waals surface area contributed by atoms with E-state index in [1.807, 2.05) is 24.3 Å². The first-order valence-electron chi connectivity index (χ1n) is 5.76. The largest absolute Gasteiger partial charge is 0.485 e. The van der Waals surface area contributed by atoms with Crippen LogP contribution in [0.5, 0.6) is 11.5 Å². The molecular weight excluding hydrogens is 250 g/mol. The quantitative estimate of drug-likeness (QED) is 0.905. The molecule has 5 heteroatoms. The van der Waals surface area contributed by atoms with E-state index >= 15 is 0 Å². The Morgan fingerprint density at radius 2 is 2.17 bits per heavy atom. The van der Waals surface area contributed by atoms with Gasteiger partial charge in [-0.1, -0.05) is 12.1 Å². The van der Waals surface area contributed by atoms with Gasteiger partial charge in [-0.2, -0.15) is 0 Å². The van der Waals surface area contributed by atoms with Gasteiger partial charge in [-0.15, -0.1) is 11.3 Å². The number of aliphatic hydroxyl groups is 1. The average molecular weight is 263 g/mol. The number of hydrogen-bond donors (Lipinski definition) is 1. The molecule has 0 saturated carbocycles. The molecule has 1 aliphatic heterocycles. The number of aromatic nitrogens is 1. The summed E-state index contributed by atoms with van der Waals surface area (Å²) in [6.07, 6.45) is 1.000. The summed E-state index contributed by atoms with van der Waals surface area (Å²) in [5, 5.41) is 10.3. The third kappa shape index (κ3) is 2.07. The van der Waals surface area contributed by atoms with Gasteiger partial charge in [-0.25, -0.2) is 4.98 Å². The molecule has 4 nitrogen and oxygen atoms in total. The lowest BCUT2D eigenvalue weighted by molar-refractivity contribution is 0.0911. The molecule has 0 radical (unpaired) electrons. The Hall–Kier alpha value is -1.59. The van der Waals surface area contributed by atoms with Crippen molar-refractivity contribution in [3.63, 3.8) is 0 Å². The van der Waals surface area contributed by atoms with E-state index in [1.54, 1.807) is 13.1 Å². The lowest BCUT2D eigenvalue weighted by atomic mass is 10.2.